The van der Waals surface area contributed by atoms with E-state index in [4.69, 9.17) is 11.6 Å². The van der Waals surface area contributed by atoms with Gasteiger partial charge in [-0.15, -0.1) is 4.48 Å². The fraction of sp³-hybridized carbons (Fsp3) is 0.455. The molecule has 1 N–H and O–H groups in total. The second-order valence-electron chi connectivity index (χ2n) is 3.79. The summed E-state index contributed by atoms with van der Waals surface area (Å²) < 4.78 is 12.4. The number of nitrogens with one attached hydrogen (secondary N) is 1. The van der Waals surface area contributed by atoms with Gasteiger partial charge < -0.3 is 0 Å². The summed E-state index contributed by atoms with van der Waals surface area (Å²) in [6.45, 7) is 3.99. The van der Waals surface area contributed by atoms with E-state index < -0.39 is 0 Å². The van der Waals surface area contributed by atoms with Crippen LogP contribution in [0.4, 0.5) is 4.48 Å². The lowest BCUT2D eigenvalue weighted by Gasteiger charge is -2.17. The summed E-state index contributed by atoms with van der Waals surface area (Å²) >= 11 is 5.75. The highest BCUT2D eigenvalue weighted by Gasteiger charge is 2.12. The zero-order chi connectivity index (χ0) is 10.6. The van der Waals surface area contributed by atoms with Crippen LogP contribution in [0.15, 0.2) is 24.3 Å². The molecular formula is C11H15ClFN. The molecule has 1 atom stereocenters. The van der Waals surface area contributed by atoms with Gasteiger partial charge in [-0.2, -0.15) is 5.54 Å². The minimum absolute atomic E-state index is 0.129. The third kappa shape index (κ3) is 3.28. The van der Waals surface area contributed by atoms with Gasteiger partial charge in [-0.3, -0.25) is 0 Å². The molecule has 14 heavy (non-hydrogen) atoms. The maximum Gasteiger partial charge on any atom is 0.0435 e. The van der Waals surface area contributed by atoms with E-state index in [1.807, 2.05) is 43.7 Å². The Morgan fingerprint density at radius 2 is 1.86 bits per heavy atom. The molecule has 0 aliphatic heterocycles. The van der Waals surface area contributed by atoms with E-state index in [0.29, 0.717) is 11.4 Å². The van der Waals surface area contributed by atoms with Crippen molar-refractivity contribution in [2.75, 3.05) is 0 Å². The second-order valence-corrected chi connectivity index (χ2v) is 4.23. The minimum atomic E-state index is -0.129. The van der Waals surface area contributed by atoms with Crippen LogP contribution >= 0.6 is 11.6 Å². The van der Waals surface area contributed by atoms with Gasteiger partial charge >= 0.3 is 0 Å². The van der Waals surface area contributed by atoms with Crippen molar-refractivity contribution in [1.82, 2.24) is 5.54 Å². The van der Waals surface area contributed by atoms with E-state index >= 15 is 0 Å². The van der Waals surface area contributed by atoms with Gasteiger partial charge in [0.05, 0.1) is 0 Å². The molecule has 0 aromatic heterocycles. The number of benzene rings is 1. The molecule has 0 heterocycles. The standard InChI is InChI=1S/C11H15ClFN/c1-8(2)11(14-13)7-9-3-5-10(12)6-4-9/h3-6,8,11,14H,7H2,1-2H3. The highest BCUT2D eigenvalue weighted by molar-refractivity contribution is 6.30. The van der Waals surface area contributed by atoms with E-state index in [2.05, 4.69) is 0 Å². The molecule has 0 aliphatic rings. The van der Waals surface area contributed by atoms with E-state index in [0.717, 1.165) is 5.56 Å². The first-order valence-corrected chi connectivity index (χ1v) is 5.12. The van der Waals surface area contributed by atoms with Crippen LogP contribution in [0.3, 0.4) is 0 Å². The Kier molecular flexibility index (Phi) is 4.36. The molecule has 0 saturated carbocycles. The normalized spacial score (nSPS) is 13.2. The van der Waals surface area contributed by atoms with Crippen molar-refractivity contribution in [3.05, 3.63) is 34.9 Å². The SMILES string of the molecule is CC(C)C(Cc1ccc(Cl)cc1)NF. The van der Waals surface area contributed by atoms with Gasteiger partial charge in [0.25, 0.3) is 0 Å². The maximum atomic E-state index is 12.4. The van der Waals surface area contributed by atoms with Gasteiger partial charge in [-0.05, 0) is 30.0 Å². The van der Waals surface area contributed by atoms with Crippen molar-refractivity contribution in [3.63, 3.8) is 0 Å². The molecule has 0 saturated heterocycles. The van der Waals surface area contributed by atoms with Crippen molar-refractivity contribution in [2.24, 2.45) is 5.92 Å². The van der Waals surface area contributed by atoms with Crippen LogP contribution < -0.4 is 5.54 Å². The number of hydrogen-bond acceptors (Lipinski definition) is 1. The summed E-state index contributed by atoms with van der Waals surface area (Å²) in [5.41, 5.74) is 2.93. The summed E-state index contributed by atoms with van der Waals surface area (Å²) in [5.74, 6) is 0.274. The van der Waals surface area contributed by atoms with Crippen LogP contribution in [0.5, 0.6) is 0 Å². The Morgan fingerprint density at radius 3 is 2.29 bits per heavy atom. The van der Waals surface area contributed by atoms with Crippen molar-refractivity contribution < 1.29 is 4.48 Å². The van der Waals surface area contributed by atoms with Crippen molar-refractivity contribution in [1.29, 1.82) is 0 Å². The molecule has 0 amide bonds. The largest absolute Gasteiger partial charge is 0.156 e. The van der Waals surface area contributed by atoms with Gasteiger partial charge in [-0.25, -0.2) is 0 Å². The highest BCUT2D eigenvalue weighted by Crippen LogP contribution is 2.14. The summed E-state index contributed by atoms with van der Waals surface area (Å²) in [6, 6.07) is 7.37. The van der Waals surface area contributed by atoms with Crippen molar-refractivity contribution >= 4 is 11.6 Å². The predicted octanol–water partition coefficient (Wildman–Crippen LogP) is 3.38. The lowest BCUT2D eigenvalue weighted by atomic mass is 9.97. The lowest BCUT2D eigenvalue weighted by molar-refractivity contribution is 0.227. The van der Waals surface area contributed by atoms with E-state index in [1.54, 1.807) is 0 Å². The van der Waals surface area contributed by atoms with E-state index in [-0.39, 0.29) is 12.0 Å². The third-order valence-electron chi connectivity index (χ3n) is 2.31. The number of halogens is 2. The van der Waals surface area contributed by atoms with Crippen LogP contribution in [-0.4, -0.2) is 6.04 Å². The summed E-state index contributed by atoms with van der Waals surface area (Å²) in [7, 11) is 0. The topological polar surface area (TPSA) is 12.0 Å². The van der Waals surface area contributed by atoms with Gasteiger partial charge in [0, 0.05) is 11.1 Å². The molecule has 0 spiro atoms. The first kappa shape index (κ1) is 11.5. The Hall–Kier alpha value is -0.600. The van der Waals surface area contributed by atoms with Crippen LogP contribution in [-0.2, 0) is 6.42 Å². The van der Waals surface area contributed by atoms with Gasteiger partial charge in [0.2, 0.25) is 0 Å². The summed E-state index contributed by atoms with van der Waals surface area (Å²) in [5, 5.41) is 0.711. The zero-order valence-corrected chi connectivity index (χ0v) is 9.18. The minimum Gasteiger partial charge on any atom is -0.156 e. The van der Waals surface area contributed by atoms with Crippen LogP contribution in [0.25, 0.3) is 0 Å². The fourth-order valence-electron chi connectivity index (χ4n) is 1.27. The predicted molar refractivity (Wildman–Crippen MR) is 58.0 cm³/mol. The Labute approximate surface area is 89.2 Å². The molecule has 0 radical (unpaired) electrons. The first-order valence-electron chi connectivity index (χ1n) is 4.74. The third-order valence-corrected chi connectivity index (χ3v) is 2.57. The van der Waals surface area contributed by atoms with Crippen LogP contribution in [0.1, 0.15) is 19.4 Å². The summed E-state index contributed by atoms with van der Waals surface area (Å²) in [4.78, 5) is 0. The van der Waals surface area contributed by atoms with E-state index in [9.17, 15) is 4.48 Å². The first-order chi connectivity index (χ1) is 6.63. The molecule has 1 rings (SSSR count). The average molecular weight is 216 g/mol. The zero-order valence-electron chi connectivity index (χ0n) is 8.43. The van der Waals surface area contributed by atoms with Gasteiger partial charge in [0.1, 0.15) is 0 Å². The molecule has 1 aromatic rings. The molecule has 78 valence electrons. The highest BCUT2D eigenvalue weighted by atomic mass is 35.5. The monoisotopic (exact) mass is 215 g/mol. The number of hydrogen-bond donors (Lipinski definition) is 1. The number of rotatable bonds is 4. The molecule has 0 bridgehead atoms. The molecule has 1 nitrogen and oxygen atoms in total. The van der Waals surface area contributed by atoms with Crippen LogP contribution in [0.2, 0.25) is 5.02 Å². The van der Waals surface area contributed by atoms with E-state index in [1.165, 1.54) is 0 Å². The lowest BCUT2D eigenvalue weighted by Crippen LogP contribution is -2.29. The summed E-state index contributed by atoms with van der Waals surface area (Å²) in [6.07, 6.45) is 0.686. The fourth-order valence-corrected chi connectivity index (χ4v) is 1.40. The average Bonchev–Trinajstić information content (AvgIpc) is 2.16. The van der Waals surface area contributed by atoms with Crippen molar-refractivity contribution in [3.8, 4) is 0 Å². The molecule has 1 unspecified atom stereocenters. The molecule has 3 heteroatoms. The Morgan fingerprint density at radius 1 is 1.29 bits per heavy atom. The second kappa shape index (κ2) is 5.32. The molecule has 0 fully saturated rings. The van der Waals surface area contributed by atoms with Gasteiger partial charge in [-0.1, -0.05) is 37.6 Å². The maximum absolute atomic E-state index is 12.4. The van der Waals surface area contributed by atoms with Crippen molar-refractivity contribution in [2.45, 2.75) is 26.3 Å². The Balaban J connectivity index is 2.63. The van der Waals surface area contributed by atoms with Crippen LogP contribution in [0, 0.1) is 5.92 Å². The van der Waals surface area contributed by atoms with Gasteiger partial charge in [0.15, 0.2) is 0 Å². The smallest absolute Gasteiger partial charge is 0.0435 e. The molecule has 1 aromatic carbocycles. The quantitative estimate of drug-likeness (QED) is 0.760. The molecular weight excluding hydrogens is 201 g/mol. The molecule has 0 aliphatic carbocycles. The Bertz CT molecular complexity index is 271.